The molecular weight excluding hydrogens is 582 g/mol. The summed E-state index contributed by atoms with van der Waals surface area (Å²) in [5, 5.41) is 8.89. The van der Waals surface area contributed by atoms with Gasteiger partial charge in [-0.15, -0.1) is 0 Å². The molecule has 216 valence electrons. The predicted octanol–water partition coefficient (Wildman–Crippen LogP) is 6.98. The fourth-order valence-electron chi connectivity index (χ4n) is 8.75. The first-order valence-electron chi connectivity index (χ1n) is 15.8. The van der Waals surface area contributed by atoms with Crippen molar-refractivity contribution in [2.75, 3.05) is 14.7 Å². The Morgan fingerprint density at radius 2 is 1.09 bits per heavy atom. The van der Waals surface area contributed by atoms with Gasteiger partial charge in [-0.05, 0) is 73.7 Å². The monoisotopic (exact) mass is 613 g/mol. The molecule has 0 aromatic heterocycles. The second kappa shape index (κ2) is 8.75. The van der Waals surface area contributed by atoms with E-state index in [0.717, 1.165) is 0 Å². The molecule has 2 unspecified atom stereocenters. The van der Waals surface area contributed by atoms with Crippen LogP contribution in [0, 0.1) is 0 Å². The van der Waals surface area contributed by atoms with Crippen LogP contribution in [-0.4, -0.2) is 13.7 Å². The molecule has 0 bridgehead atoms. The maximum atomic E-state index is 2.63. The number of benzene rings is 6. The summed E-state index contributed by atoms with van der Waals surface area (Å²) in [6, 6.07) is 52.7. The molecule has 3 nitrogen and oxygen atoms in total. The molecule has 0 saturated heterocycles. The average molecular weight is 614 g/mol. The van der Waals surface area contributed by atoms with Crippen LogP contribution in [0.3, 0.4) is 0 Å². The molecule has 4 heterocycles. The Kier molecular flexibility index (Phi) is 4.99. The maximum Gasteiger partial charge on any atom is 0.150 e. The minimum atomic E-state index is -2.30. The molecule has 0 amide bonds. The molecule has 10 rings (SSSR count). The topological polar surface area (TPSA) is 9.72 Å². The molecule has 4 aliphatic heterocycles. The zero-order valence-corrected chi connectivity index (χ0v) is 27.5. The van der Waals surface area contributed by atoms with Crippen molar-refractivity contribution < 1.29 is 0 Å². The van der Waals surface area contributed by atoms with E-state index in [0.29, 0.717) is 0 Å². The molecule has 4 aliphatic rings. The summed E-state index contributed by atoms with van der Waals surface area (Å²) in [4.78, 5) is 7.80. The van der Waals surface area contributed by atoms with Crippen LogP contribution in [0.25, 0.3) is 0 Å². The minimum absolute atomic E-state index is 0.295. The van der Waals surface area contributed by atoms with Crippen LogP contribution >= 0.6 is 7.92 Å². The Balaban J connectivity index is 1.31. The molecule has 0 fully saturated rings. The highest BCUT2D eigenvalue weighted by Gasteiger charge is 2.54. The van der Waals surface area contributed by atoms with Crippen molar-refractivity contribution in [1.29, 1.82) is 0 Å². The zero-order valence-electron chi connectivity index (χ0n) is 25.6. The Labute approximate surface area is 266 Å². The molecule has 2 atom stereocenters. The van der Waals surface area contributed by atoms with Gasteiger partial charge in [-0.3, -0.25) is 0 Å². The minimum Gasteiger partial charge on any atom is -0.316 e. The highest BCUT2D eigenvalue weighted by atomic mass is 31.1. The van der Waals surface area contributed by atoms with E-state index in [1.165, 1.54) is 71.3 Å². The normalized spacial score (nSPS) is 20.7. The zero-order chi connectivity index (χ0) is 30.1. The first kappa shape index (κ1) is 25.7. The molecule has 6 aromatic carbocycles. The van der Waals surface area contributed by atoms with E-state index in [-0.39, 0.29) is 5.66 Å². The SMILES string of the molecule is CC1(C)N(c2ccccc2)c2cccc3c2N1c1cccc2c1P3c1cccc3c1N2c1ccccc1[Si]3(C)c1ccccc1. The summed E-state index contributed by atoms with van der Waals surface area (Å²) in [5.41, 5.74) is 9.03. The fraction of sp³-hybridized carbons (Fsp3) is 0.100. The van der Waals surface area contributed by atoms with Gasteiger partial charge in [0, 0.05) is 27.3 Å². The lowest BCUT2D eigenvalue weighted by molar-refractivity contribution is 0.541. The van der Waals surface area contributed by atoms with Gasteiger partial charge in [-0.25, -0.2) is 0 Å². The van der Waals surface area contributed by atoms with Gasteiger partial charge in [0.05, 0.1) is 28.4 Å². The van der Waals surface area contributed by atoms with E-state index in [1.807, 2.05) is 0 Å². The van der Waals surface area contributed by atoms with Gasteiger partial charge in [-0.2, -0.15) is 0 Å². The molecule has 5 heteroatoms. The van der Waals surface area contributed by atoms with Crippen molar-refractivity contribution in [1.82, 2.24) is 0 Å². The van der Waals surface area contributed by atoms with Gasteiger partial charge in [0.1, 0.15) is 5.66 Å². The van der Waals surface area contributed by atoms with Crippen LogP contribution in [0.2, 0.25) is 6.55 Å². The number of anilines is 7. The molecule has 0 spiro atoms. The van der Waals surface area contributed by atoms with Gasteiger partial charge in [0.15, 0.2) is 8.07 Å². The smallest absolute Gasteiger partial charge is 0.150 e. The van der Waals surface area contributed by atoms with Gasteiger partial charge >= 0.3 is 0 Å². The summed E-state index contributed by atoms with van der Waals surface area (Å²) >= 11 is 0. The predicted molar refractivity (Wildman–Crippen MR) is 195 cm³/mol. The van der Waals surface area contributed by atoms with Crippen LogP contribution in [-0.2, 0) is 0 Å². The lowest BCUT2D eigenvalue weighted by atomic mass is 10.1. The molecule has 0 N–H and O–H groups in total. The number of fused-ring (bicyclic) bond motifs is 6. The number of para-hydroxylation sites is 4. The quantitative estimate of drug-likeness (QED) is 0.154. The highest BCUT2D eigenvalue weighted by molar-refractivity contribution is 7.81. The van der Waals surface area contributed by atoms with Crippen molar-refractivity contribution in [3.63, 3.8) is 0 Å². The Morgan fingerprint density at radius 1 is 0.511 bits per heavy atom. The van der Waals surface area contributed by atoms with Crippen LogP contribution in [0.1, 0.15) is 13.8 Å². The number of nitrogens with zero attached hydrogens (tertiary/aromatic N) is 3. The average Bonchev–Trinajstić information content (AvgIpc) is 3.33. The van der Waals surface area contributed by atoms with Crippen LogP contribution in [0.15, 0.2) is 140 Å². The molecule has 45 heavy (non-hydrogen) atoms. The molecular formula is C40H32N3PSi. The molecule has 0 radical (unpaired) electrons. The van der Waals surface area contributed by atoms with Crippen LogP contribution < -0.4 is 46.2 Å². The number of hydrogen-bond donors (Lipinski definition) is 0. The second-order valence-corrected chi connectivity index (χ2v) is 19.1. The second-order valence-electron chi connectivity index (χ2n) is 13.1. The van der Waals surface area contributed by atoms with E-state index >= 15 is 0 Å². The Bertz CT molecular complexity index is 2200. The summed E-state index contributed by atoms with van der Waals surface area (Å²) in [6.07, 6.45) is 0. The summed E-state index contributed by atoms with van der Waals surface area (Å²) in [7, 11) is -3.09. The van der Waals surface area contributed by atoms with E-state index in [1.54, 1.807) is 0 Å². The van der Waals surface area contributed by atoms with Crippen molar-refractivity contribution in [3.8, 4) is 0 Å². The van der Waals surface area contributed by atoms with E-state index in [2.05, 4.69) is 175 Å². The third kappa shape index (κ3) is 3.04. The van der Waals surface area contributed by atoms with Crippen molar-refractivity contribution in [2.24, 2.45) is 0 Å². The lowest BCUT2D eigenvalue weighted by Crippen LogP contribution is -2.69. The fourth-order valence-corrected chi connectivity index (χ4v) is 15.8. The highest BCUT2D eigenvalue weighted by Crippen LogP contribution is 2.62. The molecule has 0 saturated carbocycles. The largest absolute Gasteiger partial charge is 0.316 e. The summed E-state index contributed by atoms with van der Waals surface area (Å²) in [5.74, 6) is 0. The van der Waals surface area contributed by atoms with Gasteiger partial charge in [-0.1, -0.05) is 110 Å². The number of rotatable bonds is 2. The van der Waals surface area contributed by atoms with Gasteiger partial charge < -0.3 is 14.7 Å². The van der Waals surface area contributed by atoms with Gasteiger partial charge in [0.2, 0.25) is 0 Å². The van der Waals surface area contributed by atoms with Crippen molar-refractivity contribution in [3.05, 3.63) is 140 Å². The standard InChI is InChI=1S/C40H32N3PSi/c1-40(2)42(27-15-6-4-7-16-27)30-20-13-23-33-37(30)43(40)32-22-12-21-31-39(32)44(33)34-24-14-26-36-38(34)41(31)29-19-10-11-25-35(29)45(36,3)28-17-8-5-9-18-28/h4-26H,1-3H3. The molecule has 6 aromatic rings. The van der Waals surface area contributed by atoms with E-state index in [4.69, 9.17) is 0 Å². The maximum absolute atomic E-state index is 2.63. The van der Waals surface area contributed by atoms with Gasteiger partial charge in [0.25, 0.3) is 0 Å². The number of hydrogen-bond acceptors (Lipinski definition) is 3. The van der Waals surface area contributed by atoms with Crippen LogP contribution in [0.4, 0.5) is 39.8 Å². The van der Waals surface area contributed by atoms with Crippen LogP contribution in [0.5, 0.6) is 0 Å². The molecule has 0 aliphatic carbocycles. The van der Waals surface area contributed by atoms with E-state index in [9.17, 15) is 0 Å². The first-order valence-corrected chi connectivity index (χ1v) is 19.7. The first-order chi connectivity index (χ1) is 22.0. The third-order valence-corrected chi connectivity index (χ3v) is 17.6. The van der Waals surface area contributed by atoms with E-state index < -0.39 is 16.0 Å². The van der Waals surface area contributed by atoms with Crippen molar-refractivity contribution in [2.45, 2.75) is 26.1 Å². The van der Waals surface area contributed by atoms with Crippen molar-refractivity contribution >= 4 is 87.3 Å². The summed E-state index contributed by atoms with van der Waals surface area (Å²) in [6.45, 7) is 7.31. The summed E-state index contributed by atoms with van der Waals surface area (Å²) < 4.78 is 0. The lowest BCUT2D eigenvalue weighted by Gasteiger charge is -2.51. The Hall–Kier alpha value is -4.63. The Morgan fingerprint density at radius 3 is 1.89 bits per heavy atom. The third-order valence-electron chi connectivity index (χ3n) is 10.6.